The van der Waals surface area contributed by atoms with E-state index in [4.69, 9.17) is 0 Å². The van der Waals surface area contributed by atoms with Crippen LogP contribution >= 0.6 is 0 Å². The maximum absolute atomic E-state index is 12.1. The molecule has 29 heavy (non-hydrogen) atoms. The average Bonchev–Trinajstić information content (AvgIpc) is 3.03. The first-order valence-corrected chi connectivity index (χ1v) is 12.6. The van der Waals surface area contributed by atoms with Crippen molar-refractivity contribution in [1.82, 2.24) is 0 Å². The van der Waals surface area contributed by atoms with Crippen LogP contribution in [0, 0.1) is 52.3 Å². The minimum absolute atomic E-state index is 0.385. The van der Waals surface area contributed by atoms with Gasteiger partial charge in [0.15, 0.2) is 0 Å². The minimum Gasteiger partial charge on any atom is -0.300 e. The number of hydrogen-bond acceptors (Lipinski definition) is 1. The van der Waals surface area contributed by atoms with Crippen LogP contribution in [0.25, 0.3) is 0 Å². The number of fused-ring (bicyclic) bond motifs is 5. The summed E-state index contributed by atoms with van der Waals surface area (Å²) in [5.41, 5.74) is 2.68. The van der Waals surface area contributed by atoms with Gasteiger partial charge in [0.05, 0.1) is 0 Å². The lowest BCUT2D eigenvalue weighted by atomic mass is 9.48. The van der Waals surface area contributed by atoms with Crippen LogP contribution in [0.2, 0.25) is 0 Å². The van der Waals surface area contributed by atoms with Crippen LogP contribution in [0.5, 0.6) is 0 Å². The third-order valence-electron chi connectivity index (χ3n) is 10.4. The van der Waals surface area contributed by atoms with Gasteiger partial charge in [-0.15, -0.1) is 0 Å². The standard InChI is InChI=1S/C28H44O/c1-18(2)19(3)7-8-20(4)24-11-12-25-23-10-9-21-17-22(29)13-15-27(21,5)26(23)14-16-28(24,25)6/h7-8,10,18-21,24-26H,9,11-17H2,1-6H3/t19-,20+,21+,24+,25-,26-,27-,28+/m0/s1. The molecule has 4 rings (SSSR count). The molecule has 1 heteroatoms. The Labute approximate surface area is 179 Å². The monoisotopic (exact) mass is 396 g/mol. The predicted octanol–water partition coefficient (Wildman–Crippen LogP) is 7.62. The number of ketones is 1. The molecule has 8 atom stereocenters. The van der Waals surface area contributed by atoms with Gasteiger partial charge in [-0.1, -0.05) is 65.3 Å². The van der Waals surface area contributed by atoms with Crippen molar-refractivity contribution in [1.29, 1.82) is 0 Å². The normalized spacial score (nSPS) is 44.2. The van der Waals surface area contributed by atoms with E-state index in [0.29, 0.717) is 34.4 Å². The van der Waals surface area contributed by atoms with E-state index in [-0.39, 0.29) is 0 Å². The molecule has 0 radical (unpaired) electrons. The molecular formula is C28H44O. The second kappa shape index (κ2) is 7.69. The zero-order valence-corrected chi connectivity index (χ0v) is 19.8. The number of carbonyl (C=O) groups excluding carboxylic acids is 1. The van der Waals surface area contributed by atoms with Crippen LogP contribution in [0.15, 0.2) is 23.8 Å². The summed E-state index contributed by atoms with van der Waals surface area (Å²) < 4.78 is 0. The fraction of sp³-hybridized carbons (Fsp3) is 0.821. The first-order chi connectivity index (χ1) is 13.7. The zero-order valence-electron chi connectivity index (χ0n) is 19.8. The Bertz CT molecular complexity index is 699. The van der Waals surface area contributed by atoms with E-state index in [2.05, 4.69) is 59.8 Å². The Morgan fingerprint density at radius 2 is 1.69 bits per heavy atom. The lowest BCUT2D eigenvalue weighted by molar-refractivity contribution is -0.127. The molecule has 0 heterocycles. The number of allylic oxidation sites excluding steroid dienone is 4. The highest BCUT2D eigenvalue weighted by Gasteiger charge is 2.57. The molecule has 4 aliphatic carbocycles. The molecule has 0 aliphatic heterocycles. The van der Waals surface area contributed by atoms with Gasteiger partial charge in [-0.05, 0) is 90.8 Å². The molecule has 0 aromatic carbocycles. The van der Waals surface area contributed by atoms with E-state index in [1.807, 2.05) is 5.57 Å². The second-order valence-corrected chi connectivity index (χ2v) is 12.1. The molecular weight excluding hydrogens is 352 g/mol. The van der Waals surface area contributed by atoms with Gasteiger partial charge in [0.2, 0.25) is 0 Å². The number of carbonyl (C=O) groups is 1. The summed E-state index contributed by atoms with van der Waals surface area (Å²) >= 11 is 0. The van der Waals surface area contributed by atoms with Crippen molar-refractivity contribution >= 4 is 5.78 Å². The first kappa shape index (κ1) is 21.4. The second-order valence-electron chi connectivity index (χ2n) is 12.1. The fourth-order valence-corrected chi connectivity index (χ4v) is 7.91. The van der Waals surface area contributed by atoms with E-state index in [1.54, 1.807) is 0 Å². The van der Waals surface area contributed by atoms with E-state index >= 15 is 0 Å². The van der Waals surface area contributed by atoms with Gasteiger partial charge in [0.1, 0.15) is 5.78 Å². The minimum atomic E-state index is 0.385. The van der Waals surface area contributed by atoms with Crippen molar-refractivity contribution in [3.63, 3.8) is 0 Å². The third kappa shape index (κ3) is 3.49. The number of rotatable bonds is 4. The lowest BCUT2D eigenvalue weighted by Gasteiger charge is -2.57. The molecule has 0 spiro atoms. The molecule has 3 saturated carbocycles. The maximum atomic E-state index is 12.1. The highest BCUT2D eigenvalue weighted by atomic mass is 16.1. The van der Waals surface area contributed by atoms with Crippen LogP contribution in [0.1, 0.15) is 92.9 Å². The quantitative estimate of drug-likeness (QED) is 0.447. The van der Waals surface area contributed by atoms with Crippen LogP contribution in [0.3, 0.4) is 0 Å². The molecule has 0 bridgehead atoms. The van der Waals surface area contributed by atoms with Crippen molar-refractivity contribution in [3.8, 4) is 0 Å². The van der Waals surface area contributed by atoms with Crippen LogP contribution < -0.4 is 0 Å². The predicted molar refractivity (Wildman–Crippen MR) is 123 cm³/mol. The summed E-state index contributed by atoms with van der Waals surface area (Å²) in [6.45, 7) is 14.7. The first-order valence-electron chi connectivity index (χ1n) is 12.6. The van der Waals surface area contributed by atoms with Gasteiger partial charge in [0.25, 0.3) is 0 Å². The third-order valence-corrected chi connectivity index (χ3v) is 10.4. The molecule has 162 valence electrons. The molecule has 0 amide bonds. The smallest absolute Gasteiger partial charge is 0.133 e. The summed E-state index contributed by atoms with van der Waals surface area (Å²) in [6.07, 6.45) is 17.2. The fourth-order valence-electron chi connectivity index (χ4n) is 7.91. The molecule has 0 N–H and O–H groups in total. The highest BCUT2D eigenvalue weighted by molar-refractivity contribution is 5.79. The maximum Gasteiger partial charge on any atom is 0.133 e. The SMILES string of the molecule is CC(C)[C@@H](C)C=C[C@@H](C)[C@H]1CC[C@H]2C3=CC[C@@H]4CC(=O)CC[C@]4(C)[C@H]3CC[C@]12C. The summed E-state index contributed by atoms with van der Waals surface area (Å²) in [7, 11) is 0. The molecule has 4 aliphatic rings. The molecule has 0 aromatic heterocycles. The van der Waals surface area contributed by atoms with E-state index < -0.39 is 0 Å². The van der Waals surface area contributed by atoms with E-state index in [0.717, 1.165) is 49.4 Å². The van der Waals surface area contributed by atoms with E-state index in [1.165, 1.54) is 25.7 Å². The van der Waals surface area contributed by atoms with Gasteiger partial charge >= 0.3 is 0 Å². The van der Waals surface area contributed by atoms with Gasteiger partial charge in [0, 0.05) is 12.8 Å². The van der Waals surface area contributed by atoms with Gasteiger partial charge in [-0.3, -0.25) is 4.79 Å². The van der Waals surface area contributed by atoms with Gasteiger partial charge in [-0.2, -0.15) is 0 Å². The topological polar surface area (TPSA) is 17.1 Å². The Balaban J connectivity index is 1.55. The highest BCUT2D eigenvalue weighted by Crippen LogP contribution is 2.66. The van der Waals surface area contributed by atoms with E-state index in [9.17, 15) is 4.79 Å². The molecule has 1 nitrogen and oxygen atoms in total. The summed E-state index contributed by atoms with van der Waals surface area (Å²) in [5.74, 6) is 5.57. The Hall–Kier alpha value is -0.850. The van der Waals surface area contributed by atoms with Crippen LogP contribution in [-0.2, 0) is 4.79 Å². The summed E-state index contributed by atoms with van der Waals surface area (Å²) in [4.78, 5) is 12.1. The van der Waals surface area contributed by atoms with Crippen molar-refractivity contribution in [2.75, 3.05) is 0 Å². The largest absolute Gasteiger partial charge is 0.300 e. The summed E-state index contributed by atoms with van der Waals surface area (Å²) in [5, 5.41) is 0. The van der Waals surface area contributed by atoms with Crippen molar-refractivity contribution < 1.29 is 4.79 Å². The van der Waals surface area contributed by atoms with Gasteiger partial charge < -0.3 is 0 Å². The van der Waals surface area contributed by atoms with Crippen molar-refractivity contribution in [3.05, 3.63) is 23.8 Å². The molecule has 0 aromatic rings. The Morgan fingerprint density at radius 3 is 2.41 bits per heavy atom. The molecule has 3 fully saturated rings. The average molecular weight is 397 g/mol. The van der Waals surface area contributed by atoms with Crippen molar-refractivity contribution in [2.24, 2.45) is 52.3 Å². The Kier molecular flexibility index (Phi) is 5.67. The molecule has 0 unspecified atom stereocenters. The van der Waals surface area contributed by atoms with Crippen molar-refractivity contribution in [2.45, 2.75) is 92.9 Å². The lowest BCUT2D eigenvalue weighted by Crippen LogP contribution is -2.49. The zero-order chi connectivity index (χ0) is 21.0. The summed E-state index contributed by atoms with van der Waals surface area (Å²) in [6, 6.07) is 0. The molecule has 0 saturated heterocycles. The van der Waals surface area contributed by atoms with Crippen LogP contribution in [0.4, 0.5) is 0 Å². The van der Waals surface area contributed by atoms with Gasteiger partial charge in [-0.25, -0.2) is 0 Å². The Morgan fingerprint density at radius 1 is 0.966 bits per heavy atom. The number of hydrogen-bond donors (Lipinski definition) is 0. The van der Waals surface area contributed by atoms with Crippen LogP contribution in [-0.4, -0.2) is 5.78 Å². The number of Topliss-reactive ketones (excluding diaryl/α,β-unsaturated/α-hetero) is 1.